The van der Waals surface area contributed by atoms with Gasteiger partial charge in [-0.15, -0.1) is 0 Å². The van der Waals surface area contributed by atoms with E-state index >= 15 is 0 Å². The van der Waals surface area contributed by atoms with Crippen LogP contribution in [-0.2, 0) is 18.3 Å². The van der Waals surface area contributed by atoms with Crippen LogP contribution in [0.1, 0.15) is 17.0 Å². The molecule has 8 heteroatoms. The molecule has 0 N–H and O–H groups in total. The van der Waals surface area contributed by atoms with Crippen LogP contribution in [0.3, 0.4) is 0 Å². The summed E-state index contributed by atoms with van der Waals surface area (Å²) >= 11 is 0. The zero-order valence-corrected chi connectivity index (χ0v) is 12.3. The van der Waals surface area contributed by atoms with Gasteiger partial charge in [0.2, 0.25) is 5.75 Å². The quantitative estimate of drug-likeness (QED) is 0.374. The van der Waals surface area contributed by atoms with Crippen LogP contribution in [0.5, 0.6) is 5.75 Å². The number of ether oxygens (including phenoxy) is 1. The molecule has 1 aromatic carbocycles. The summed E-state index contributed by atoms with van der Waals surface area (Å²) in [5.41, 5.74) is 1.69. The lowest BCUT2D eigenvalue weighted by Crippen LogP contribution is -2.13. The molecule has 0 aliphatic rings. The van der Waals surface area contributed by atoms with Gasteiger partial charge in [-0.1, -0.05) is 0 Å². The van der Waals surface area contributed by atoms with Crippen LogP contribution in [-0.4, -0.2) is 20.7 Å². The molecular formula is C14H14FN3O4. The van der Waals surface area contributed by atoms with Crippen LogP contribution in [0.15, 0.2) is 18.2 Å². The molecule has 0 bridgehead atoms. The van der Waals surface area contributed by atoms with Crippen LogP contribution in [0.4, 0.5) is 10.1 Å². The van der Waals surface area contributed by atoms with Crippen molar-refractivity contribution >= 4 is 11.7 Å². The SMILES string of the molecule is Cc1nn(C)c(C)c1CC(=O)Oc1cc(F)ccc1[N+](=O)[O-]. The maximum Gasteiger partial charge on any atom is 0.316 e. The zero-order chi connectivity index (χ0) is 16.4. The molecule has 0 saturated carbocycles. The highest BCUT2D eigenvalue weighted by Gasteiger charge is 2.21. The number of esters is 1. The van der Waals surface area contributed by atoms with Gasteiger partial charge in [-0.3, -0.25) is 19.6 Å². The highest BCUT2D eigenvalue weighted by molar-refractivity contribution is 5.77. The number of aromatic nitrogens is 2. The number of nitrogens with zero attached hydrogens (tertiary/aromatic N) is 3. The Morgan fingerprint density at radius 2 is 2.14 bits per heavy atom. The molecule has 1 heterocycles. The standard InChI is InChI=1S/C14H14FN3O4/c1-8-11(9(2)17(3)16-8)7-14(19)22-13-6-10(15)4-5-12(13)18(20)21/h4-6H,7H2,1-3H3. The molecule has 0 spiro atoms. The Morgan fingerprint density at radius 1 is 1.45 bits per heavy atom. The van der Waals surface area contributed by atoms with Gasteiger partial charge in [-0.2, -0.15) is 5.10 Å². The molecule has 0 aliphatic carbocycles. The smallest absolute Gasteiger partial charge is 0.316 e. The summed E-state index contributed by atoms with van der Waals surface area (Å²) in [5, 5.41) is 15.0. The first kappa shape index (κ1) is 15.6. The summed E-state index contributed by atoms with van der Waals surface area (Å²) in [5.74, 6) is -1.84. The molecular weight excluding hydrogens is 293 g/mol. The fourth-order valence-electron chi connectivity index (χ4n) is 2.10. The first-order chi connectivity index (χ1) is 10.3. The van der Waals surface area contributed by atoms with Gasteiger partial charge in [0.15, 0.2) is 0 Å². The van der Waals surface area contributed by atoms with Crippen molar-refractivity contribution in [1.82, 2.24) is 9.78 Å². The number of nitro benzene ring substituents is 1. The summed E-state index contributed by atoms with van der Waals surface area (Å²) in [6.45, 7) is 3.55. The van der Waals surface area contributed by atoms with Crippen LogP contribution >= 0.6 is 0 Å². The average Bonchev–Trinajstić information content (AvgIpc) is 2.65. The predicted molar refractivity (Wildman–Crippen MR) is 75.1 cm³/mol. The number of carbonyl (C=O) groups is 1. The minimum absolute atomic E-state index is 0.0980. The van der Waals surface area contributed by atoms with E-state index in [1.165, 1.54) is 0 Å². The van der Waals surface area contributed by atoms with Crippen molar-refractivity contribution < 1.29 is 18.8 Å². The number of nitro groups is 1. The molecule has 1 aromatic heterocycles. The van der Waals surface area contributed by atoms with Crippen LogP contribution in [0.25, 0.3) is 0 Å². The van der Waals surface area contributed by atoms with Gasteiger partial charge in [0.05, 0.1) is 17.0 Å². The van der Waals surface area contributed by atoms with Gasteiger partial charge in [-0.05, 0) is 19.9 Å². The largest absolute Gasteiger partial charge is 0.419 e. The fraction of sp³-hybridized carbons (Fsp3) is 0.286. The number of aryl methyl sites for hydroxylation is 2. The molecule has 2 rings (SSSR count). The first-order valence-electron chi connectivity index (χ1n) is 6.43. The Morgan fingerprint density at radius 3 is 2.68 bits per heavy atom. The normalized spacial score (nSPS) is 10.5. The second-order valence-electron chi connectivity index (χ2n) is 4.79. The summed E-state index contributed by atoms with van der Waals surface area (Å²) in [6, 6.07) is 2.71. The van der Waals surface area contributed by atoms with E-state index < -0.39 is 28.1 Å². The van der Waals surface area contributed by atoms with Crippen molar-refractivity contribution in [2.75, 3.05) is 0 Å². The second-order valence-corrected chi connectivity index (χ2v) is 4.79. The van der Waals surface area contributed by atoms with Gasteiger partial charge < -0.3 is 4.74 Å². The van der Waals surface area contributed by atoms with Crippen molar-refractivity contribution in [3.8, 4) is 5.75 Å². The van der Waals surface area contributed by atoms with Crippen molar-refractivity contribution in [2.45, 2.75) is 20.3 Å². The number of benzene rings is 1. The maximum atomic E-state index is 13.2. The summed E-state index contributed by atoms with van der Waals surface area (Å²) in [7, 11) is 1.74. The van der Waals surface area contributed by atoms with E-state index in [4.69, 9.17) is 4.74 Å². The Bertz CT molecular complexity index is 755. The van der Waals surface area contributed by atoms with Crippen molar-refractivity contribution in [1.29, 1.82) is 0 Å². The minimum atomic E-state index is -0.734. The molecule has 7 nitrogen and oxygen atoms in total. The van der Waals surface area contributed by atoms with Crippen molar-refractivity contribution in [3.05, 3.63) is 51.1 Å². The van der Waals surface area contributed by atoms with E-state index in [1.807, 2.05) is 0 Å². The summed E-state index contributed by atoms with van der Waals surface area (Å²) < 4.78 is 19.8. The van der Waals surface area contributed by atoms with Gasteiger partial charge >= 0.3 is 11.7 Å². The zero-order valence-electron chi connectivity index (χ0n) is 12.3. The van der Waals surface area contributed by atoms with E-state index in [2.05, 4.69) is 5.10 Å². The first-order valence-corrected chi connectivity index (χ1v) is 6.43. The van der Waals surface area contributed by atoms with E-state index in [0.717, 1.165) is 23.9 Å². The molecule has 0 amide bonds. The number of rotatable bonds is 4. The van der Waals surface area contributed by atoms with E-state index in [-0.39, 0.29) is 6.42 Å². The topological polar surface area (TPSA) is 87.3 Å². The van der Waals surface area contributed by atoms with Gasteiger partial charge in [-0.25, -0.2) is 4.39 Å². The highest BCUT2D eigenvalue weighted by Crippen LogP contribution is 2.28. The summed E-state index contributed by atoms with van der Waals surface area (Å²) in [4.78, 5) is 22.1. The molecule has 0 atom stereocenters. The highest BCUT2D eigenvalue weighted by atomic mass is 19.1. The lowest BCUT2D eigenvalue weighted by Gasteiger charge is -2.06. The Kier molecular flexibility index (Phi) is 4.20. The number of hydrogen-bond acceptors (Lipinski definition) is 5. The van der Waals surface area contributed by atoms with Gasteiger partial charge in [0.1, 0.15) is 5.82 Å². The lowest BCUT2D eigenvalue weighted by atomic mass is 10.1. The third-order valence-electron chi connectivity index (χ3n) is 3.32. The molecule has 0 radical (unpaired) electrons. The monoisotopic (exact) mass is 307 g/mol. The summed E-state index contributed by atoms with van der Waals surface area (Å²) in [6.07, 6.45) is -0.0980. The third-order valence-corrected chi connectivity index (χ3v) is 3.32. The molecule has 2 aromatic rings. The molecule has 0 aliphatic heterocycles. The predicted octanol–water partition coefficient (Wildman–Crippen LogP) is 2.23. The molecule has 0 fully saturated rings. The van der Waals surface area contributed by atoms with E-state index in [9.17, 15) is 19.3 Å². The number of halogens is 1. The Labute approximate surface area is 125 Å². The minimum Gasteiger partial charge on any atom is -0.419 e. The lowest BCUT2D eigenvalue weighted by molar-refractivity contribution is -0.385. The fourth-order valence-corrected chi connectivity index (χ4v) is 2.10. The van der Waals surface area contributed by atoms with E-state index in [0.29, 0.717) is 11.3 Å². The molecule has 22 heavy (non-hydrogen) atoms. The Balaban J connectivity index is 2.22. The second kappa shape index (κ2) is 5.92. The van der Waals surface area contributed by atoms with Crippen molar-refractivity contribution in [2.24, 2.45) is 7.05 Å². The number of hydrogen-bond donors (Lipinski definition) is 0. The maximum absolute atomic E-state index is 13.2. The van der Waals surface area contributed by atoms with Crippen molar-refractivity contribution in [3.63, 3.8) is 0 Å². The van der Waals surface area contributed by atoms with E-state index in [1.54, 1.807) is 25.6 Å². The molecule has 0 saturated heterocycles. The van der Waals surface area contributed by atoms with Crippen LogP contribution < -0.4 is 4.74 Å². The van der Waals surface area contributed by atoms with Gasteiger partial charge in [0.25, 0.3) is 0 Å². The Hall–Kier alpha value is -2.77. The van der Waals surface area contributed by atoms with Crippen LogP contribution in [0.2, 0.25) is 0 Å². The molecule has 0 unspecified atom stereocenters. The molecule has 116 valence electrons. The third kappa shape index (κ3) is 3.11. The van der Waals surface area contributed by atoms with Gasteiger partial charge in [0, 0.05) is 30.4 Å². The number of carbonyl (C=O) groups excluding carboxylic acids is 1. The van der Waals surface area contributed by atoms with Crippen LogP contribution in [0, 0.1) is 29.8 Å². The average molecular weight is 307 g/mol.